The lowest BCUT2D eigenvalue weighted by atomic mass is 10.3. The van der Waals surface area contributed by atoms with Crippen molar-refractivity contribution in [3.8, 4) is 0 Å². The average Bonchev–Trinajstić information content (AvgIpc) is 2.05. The minimum Gasteiger partial charge on any atom is -0.246 e. The summed E-state index contributed by atoms with van der Waals surface area (Å²) in [4.78, 5) is 5.97. The minimum atomic E-state index is 0.220. The highest BCUT2D eigenvalue weighted by molar-refractivity contribution is 8.01. The second-order valence-corrected chi connectivity index (χ2v) is 9.88. The van der Waals surface area contributed by atoms with E-state index in [1.165, 1.54) is 4.90 Å². The van der Waals surface area contributed by atoms with Crippen LogP contribution in [0, 0.1) is 6.92 Å². The largest absolute Gasteiger partial charge is 0.246 e. The van der Waals surface area contributed by atoms with Crippen molar-refractivity contribution in [3.63, 3.8) is 0 Å². The summed E-state index contributed by atoms with van der Waals surface area (Å²) < 4.78 is 0.462. The first kappa shape index (κ1) is 14.9. The Labute approximate surface area is 114 Å². The first-order valence-corrected chi connectivity index (χ1v) is 7.56. The number of rotatable bonds is 2. The van der Waals surface area contributed by atoms with Crippen molar-refractivity contribution in [1.29, 1.82) is 0 Å². The summed E-state index contributed by atoms with van der Waals surface area (Å²) in [6.07, 6.45) is 0. The lowest BCUT2D eigenvalue weighted by Crippen LogP contribution is -2.09. The Kier molecular flexibility index (Phi) is 4.59. The van der Waals surface area contributed by atoms with Crippen LogP contribution < -0.4 is 0 Å². The fraction of sp³-hybridized carbons (Fsp3) is 0.643. The fourth-order valence-corrected chi connectivity index (χ4v) is 3.27. The van der Waals surface area contributed by atoms with Gasteiger partial charge in [-0.3, -0.25) is 0 Å². The molecule has 0 aliphatic rings. The van der Waals surface area contributed by atoms with Gasteiger partial charge in [-0.2, -0.15) is 0 Å². The molecule has 0 aromatic carbocycles. The minimum absolute atomic E-state index is 0.220. The molecular weight excluding hydrogens is 246 g/mol. The summed E-state index contributed by atoms with van der Waals surface area (Å²) in [5.74, 6) is 0. The third-order valence-electron chi connectivity index (χ3n) is 1.84. The number of hydrogen-bond donors (Lipinski definition) is 0. The van der Waals surface area contributed by atoms with Crippen LogP contribution >= 0.6 is 23.5 Å². The predicted octanol–water partition coefficient (Wildman–Crippen LogP) is 5.17. The molecular formula is C14H23NS2. The molecule has 0 saturated carbocycles. The highest BCUT2D eigenvalue weighted by atomic mass is 32.2. The van der Waals surface area contributed by atoms with Crippen molar-refractivity contribution in [2.45, 2.75) is 67.9 Å². The van der Waals surface area contributed by atoms with Crippen molar-refractivity contribution < 1.29 is 0 Å². The molecule has 1 heterocycles. The molecule has 0 saturated heterocycles. The third kappa shape index (κ3) is 5.82. The van der Waals surface area contributed by atoms with Gasteiger partial charge in [0.1, 0.15) is 0 Å². The van der Waals surface area contributed by atoms with E-state index in [1.807, 2.05) is 23.5 Å². The molecule has 1 rings (SSSR count). The van der Waals surface area contributed by atoms with Gasteiger partial charge in [0.2, 0.25) is 0 Å². The summed E-state index contributed by atoms with van der Waals surface area (Å²) in [7, 11) is 0. The molecule has 0 spiro atoms. The van der Waals surface area contributed by atoms with Gasteiger partial charge in [0.15, 0.2) is 0 Å². The number of thioether (sulfide) groups is 2. The Balaban J connectivity index is 2.87. The number of hydrogen-bond acceptors (Lipinski definition) is 3. The quantitative estimate of drug-likeness (QED) is 0.687. The lowest BCUT2D eigenvalue weighted by molar-refractivity contribution is 0.794. The van der Waals surface area contributed by atoms with Crippen molar-refractivity contribution in [1.82, 2.24) is 4.98 Å². The Morgan fingerprint density at radius 3 is 1.82 bits per heavy atom. The smallest absolute Gasteiger partial charge is 0.0969 e. The van der Waals surface area contributed by atoms with Gasteiger partial charge in [-0.05, 0) is 19.1 Å². The molecule has 1 aromatic heterocycles. The van der Waals surface area contributed by atoms with Crippen molar-refractivity contribution in [3.05, 3.63) is 17.8 Å². The Hall–Kier alpha value is -0.150. The van der Waals surface area contributed by atoms with Crippen molar-refractivity contribution in [2.75, 3.05) is 0 Å². The number of aromatic nitrogens is 1. The van der Waals surface area contributed by atoms with Crippen LogP contribution in [0.25, 0.3) is 0 Å². The van der Waals surface area contributed by atoms with E-state index >= 15 is 0 Å². The van der Waals surface area contributed by atoms with Gasteiger partial charge in [0, 0.05) is 14.4 Å². The summed E-state index contributed by atoms with van der Waals surface area (Å²) in [6.45, 7) is 15.4. The van der Waals surface area contributed by atoms with E-state index in [9.17, 15) is 0 Å². The van der Waals surface area contributed by atoms with Crippen LogP contribution in [0.3, 0.4) is 0 Å². The van der Waals surface area contributed by atoms with E-state index in [0.29, 0.717) is 0 Å². The predicted molar refractivity (Wildman–Crippen MR) is 80.2 cm³/mol. The number of pyridine rings is 1. The summed E-state index contributed by atoms with van der Waals surface area (Å²) in [6, 6.07) is 4.34. The molecule has 0 unspecified atom stereocenters. The molecule has 0 amide bonds. The first-order valence-electron chi connectivity index (χ1n) is 5.92. The maximum atomic E-state index is 4.68. The molecule has 1 nitrogen and oxygen atoms in total. The summed E-state index contributed by atoms with van der Waals surface area (Å²) in [5, 5.41) is 1.12. The average molecular weight is 269 g/mol. The maximum absolute atomic E-state index is 4.68. The van der Waals surface area contributed by atoms with Crippen LogP contribution in [0.2, 0.25) is 0 Å². The molecule has 0 radical (unpaired) electrons. The van der Waals surface area contributed by atoms with Gasteiger partial charge < -0.3 is 0 Å². The standard InChI is InChI=1S/C14H23NS2/c1-10-11(16-13(2,3)4)8-9-12(15-10)17-14(5,6)7/h8-9H,1-7H3. The van der Waals surface area contributed by atoms with E-state index in [4.69, 9.17) is 0 Å². The van der Waals surface area contributed by atoms with Crippen LogP contribution in [0.1, 0.15) is 47.2 Å². The van der Waals surface area contributed by atoms with Gasteiger partial charge in [-0.15, -0.1) is 23.5 Å². The van der Waals surface area contributed by atoms with Crippen LogP contribution in [0.4, 0.5) is 0 Å². The Morgan fingerprint density at radius 1 is 0.882 bits per heavy atom. The zero-order valence-corrected chi connectivity index (χ0v) is 13.6. The second-order valence-electron chi connectivity index (χ2n) is 6.16. The van der Waals surface area contributed by atoms with Crippen LogP contribution in [-0.4, -0.2) is 14.5 Å². The summed E-state index contributed by atoms with van der Waals surface area (Å²) >= 11 is 3.70. The highest BCUT2D eigenvalue weighted by Crippen LogP contribution is 2.36. The molecule has 0 bridgehead atoms. The van der Waals surface area contributed by atoms with Gasteiger partial charge in [0.25, 0.3) is 0 Å². The third-order valence-corrected chi connectivity index (χ3v) is 4.15. The van der Waals surface area contributed by atoms with E-state index in [2.05, 4.69) is 65.6 Å². The molecule has 0 aliphatic carbocycles. The maximum Gasteiger partial charge on any atom is 0.0969 e. The van der Waals surface area contributed by atoms with Gasteiger partial charge in [-0.25, -0.2) is 4.98 Å². The SMILES string of the molecule is Cc1nc(SC(C)(C)C)ccc1SC(C)(C)C. The van der Waals surface area contributed by atoms with Crippen LogP contribution in [-0.2, 0) is 0 Å². The number of nitrogens with zero attached hydrogens (tertiary/aromatic N) is 1. The monoisotopic (exact) mass is 269 g/mol. The zero-order chi connectivity index (χ0) is 13.3. The van der Waals surface area contributed by atoms with E-state index in [1.54, 1.807) is 0 Å². The molecule has 0 fully saturated rings. The first-order chi connectivity index (χ1) is 7.57. The molecule has 17 heavy (non-hydrogen) atoms. The Bertz CT molecular complexity index is 386. The molecule has 0 N–H and O–H groups in total. The van der Waals surface area contributed by atoms with Crippen LogP contribution in [0.15, 0.2) is 22.1 Å². The topological polar surface area (TPSA) is 12.9 Å². The summed E-state index contributed by atoms with van der Waals surface area (Å²) in [5.41, 5.74) is 1.14. The molecule has 3 heteroatoms. The zero-order valence-electron chi connectivity index (χ0n) is 11.9. The highest BCUT2D eigenvalue weighted by Gasteiger charge is 2.16. The normalized spacial score (nSPS) is 12.9. The van der Waals surface area contributed by atoms with Gasteiger partial charge in [-0.1, -0.05) is 41.5 Å². The lowest BCUT2D eigenvalue weighted by Gasteiger charge is -2.20. The fourth-order valence-electron chi connectivity index (χ4n) is 1.33. The molecule has 0 aliphatic heterocycles. The van der Waals surface area contributed by atoms with E-state index < -0.39 is 0 Å². The number of aryl methyl sites for hydroxylation is 1. The second kappa shape index (κ2) is 5.23. The van der Waals surface area contributed by atoms with Crippen molar-refractivity contribution in [2.24, 2.45) is 0 Å². The molecule has 0 atom stereocenters. The van der Waals surface area contributed by atoms with Crippen LogP contribution in [0.5, 0.6) is 0 Å². The Morgan fingerprint density at radius 2 is 1.41 bits per heavy atom. The molecule has 1 aromatic rings. The van der Waals surface area contributed by atoms with Crippen molar-refractivity contribution >= 4 is 23.5 Å². The van der Waals surface area contributed by atoms with E-state index in [-0.39, 0.29) is 9.49 Å². The van der Waals surface area contributed by atoms with E-state index in [0.717, 1.165) is 10.7 Å². The molecule has 96 valence electrons. The van der Waals surface area contributed by atoms with Gasteiger partial charge in [0.05, 0.1) is 10.7 Å². The van der Waals surface area contributed by atoms with Gasteiger partial charge >= 0.3 is 0 Å².